The second-order valence-corrected chi connectivity index (χ2v) is 3.92. The number of aromatic amines is 1. The zero-order valence-electron chi connectivity index (χ0n) is 10.1. The third-order valence-corrected chi connectivity index (χ3v) is 2.57. The van der Waals surface area contributed by atoms with Crippen LogP contribution in [0.3, 0.4) is 0 Å². The van der Waals surface area contributed by atoms with Crippen molar-refractivity contribution in [3.8, 4) is 0 Å². The van der Waals surface area contributed by atoms with Gasteiger partial charge in [0, 0.05) is 13.5 Å². The van der Waals surface area contributed by atoms with E-state index in [-0.39, 0.29) is 22.6 Å². The van der Waals surface area contributed by atoms with Crippen LogP contribution in [0.5, 0.6) is 0 Å². The molecule has 94 valence electrons. The van der Waals surface area contributed by atoms with Crippen LogP contribution in [-0.2, 0) is 7.05 Å². The normalized spacial score (nSPS) is 10.8. The average Bonchev–Trinajstić information content (AvgIpc) is 2.36. The predicted octanol–water partition coefficient (Wildman–Crippen LogP) is -0.000400. The van der Waals surface area contributed by atoms with Crippen LogP contribution in [0.15, 0.2) is 15.8 Å². The van der Waals surface area contributed by atoms with Gasteiger partial charge in [0.05, 0.1) is 6.20 Å². The number of carbonyl (C=O) groups excluding carboxylic acids is 1. The maximum Gasteiger partial charge on any atom is 0.329 e. The molecule has 0 fully saturated rings. The highest BCUT2D eigenvalue weighted by Crippen LogP contribution is 2.05. The minimum Gasteiger partial charge on any atom is -0.292 e. The van der Waals surface area contributed by atoms with Gasteiger partial charge in [-0.25, -0.2) is 14.8 Å². The average molecular weight is 248 g/mol. The number of hydrogen-bond donors (Lipinski definition) is 1. The fourth-order valence-electron chi connectivity index (χ4n) is 1.61. The summed E-state index contributed by atoms with van der Waals surface area (Å²) >= 11 is 0. The van der Waals surface area contributed by atoms with Crippen LogP contribution in [0.25, 0.3) is 11.2 Å². The van der Waals surface area contributed by atoms with Gasteiger partial charge in [-0.2, -0.15) is 0 Å². The SMILES string of the molecule is CCCC(=O)c1cnc2c(n1)c(=O)[nH]c(=O)n2C. The van der Waals surface area contributed by atoms with E-state index in [0.717, 1.165) is 0 Å². The van der Waals surface area contributed by atoms with Gasteiger partial charge in [0.1, 0.15) is 5.69 Å². The van der Waals surface area contributed by atoms with Crippen LogP contribution >= 0.6 is 0 Å². The number of carbonyl (C=O) groups is 1. The quantitative estimate of drug-likeness (QED) is 0.771. The highest BCUT2D eigenvalue weighted by Gasteiger charge is 2.12. The lowest BCUT2D eigenvalue weighted by molar-refractivity contribution is 0.0977. The third-order valence-electron chi connectivity index (χ3n) is 2.57. The first-order valence-electron chi connectivity index (χ1n) is 5.54. The summed E-state index contributed by atoms with van der Waals surface area (Å²) in [7, 11) is 1.48. The van der Waals surface area contributed by atoms with Gasteiger partial charge >= 0.3 is 5.69 Å². The largest absolute Gasteiger partial charge is 0.329 e. The van der Waals surface area contributed by atoms with Gasteiger partial charge in [-0.15, -0.1) is 0 Å². The third kappa shape index (κ3) is 1.94. The Morgan fingerprint density at radius 3 is 2.83 bits per heavy atom. The molecule has 0 amide bonds. The molecule has 0 aliphatic carbocycles. The van der Waals surface area contributed by atoms with Crippen LogP contribution in [0.1, 0.15) is 30.3 Å². The molecule has 2 heterocycles. The number of rotatable bonds is 3. The number of Topliss-reactive ketones (excluding diaryl/α,β-unsaturated/α-hetero) is 1. The molecule has 0 aliphatic rings. The van der Waals surface area contributed by atoms with Gasteiger partial charge in [0.25, 0.3) is 5.56 Å². The van der Waals surface area contributed by atoms with Crippen molar-refractivity contribution in [1.82, 2.24) is 19.5 Å². The van der Waals surface area contributed by atoms with E-state index < -0.39 is 11.2 Å². The molecule has 0 saturated heterocycles. The summed E-state index contributed by atoms with van der Waals surface area (Å²) in [6.07, 6.45) is 2.34. The molecule has 0 radical (unpaired) electrons. The highest BCUT2D eigenvalue weighted by molar-refractivity contribution is 5.95. The Morgan fingerprint density at radius 1 is 1.44 bits per heavy atom. The molecule has 0 atom stereocenters. The molecule has 2 aromatic heterocycles. The maximum absolute atomic E-state index is 11.7. The summed E-state index contributed by atoms with van der Waals surface area (Å²) in [6.45, 7) is 1.88. The van der Waals surface area contributed by atoms with Crippen molar-refractivity contribution in [2.75, 3.05) is 0 Å². The minimum atomic E-state index is -0.633. The zero-order chi connectivity index (χ0) is 13.3. The summed E-state index contributed by atoms with van der Waals surface area (Å²) in [5.41, 5.74) is -0.884. The zero-order valence-corrected chi connectivity index (χ0v) is 10.1. The Hall–Kier alpha value is -2.31. The van der Waals surface area contributed by atoms with E-state index in [9.17, 15) is 14.4 Å². The molecule has 7 nitrogen and oxygen atoms in total. The summed E-state index contributed by atoms with van der Waals surface area (Å²) in [6, 6.07) is 0. The molecule has 0 bridgehead atoms. The number of ketones is 1. The number of hydrogen-bond acceptors (Lipinski definition) is 5. The van der Waals surface area contributed by atoms with Crippen LogP contribution in [0.4, 0.5) is 0 Å². The topological polar surface area (TPSA) is 97.7 Å². The summed E-state index contributed by atoms with van der Waals surface area (Å²) < 4.78 is 1.18. The Bertz CT molecular complexity index is 729. The summed E-state index contributed by atoms with van der Waals surface area (Å²) in [4.78, 5) is 44.7. The predicted molar refractivity (Wildman–Crippen MR) is 64.6 cm³/mol. The van der Waals surface area contributed by atoms with Gasteiger partial charge in [-0.3, -0.25) is 19.1 Å². The molecule has 0 spiro atoms. The van der Waals surface area contributed by atoms with Gasteiger partial charge in [-0.1, -0.05) is 6.92 Å². The molecule has 2 rings (SSSR count). The Labute approximate surface area is 102 Å². The number of nitrogens with zero attached hydrogens (tertiary/aromatic N) is 3. The van der Waals surface area contributed by atoms with Gasteiger partial charge in [0.2, 0.25) is 0 Å². The standard InChI is InChI=1S/C11H12N4O3/c1-3-4-7(16)6-5-12-9-8(13-6)10(17)14-11(18)15(9)2/h5H,3-4H2,1-2H3,(H,14,17,18). The first kappa shape index (κ1) is 12.2. The second-order valence-electron chi connectivity index (χ2n) is 3.92. The Balaban J connectivity index is 2.70. The van der Waals surface area contributed by atoms with Crippen molar-refractivity contribution in [1.29, 1.82) is 0 Å². The van der Waals surface area contributed by atoms with Crippen molar-refractivity contribution >= 4 is 16.9 Å². The molecule has 0 saturated carbocycles. The molecule has 0 unspecified atom stereocenters. The van der Waals surface area contributed by atoms with Crippen molar-refractivity contribution in [3.63, 3.8) is 0 Å². The monoisotopic (exact) mass is 248 g/mol. The van der Waals surface area contributed by atoms with E-state index in [1.165, 1.54) is 17.8 Å². The maximum atomic E-state index is 11.7. The summed E-state index contributed by atoms with van der Waals surface area (Å²) in [5.74, 6) is -0.167. The number of aryl methyl sites for hydroxylation is 1. The fraction of sp³-hybridized carbons (Fsp3) is 0.364. The van der Waals surface area contributed by atoms with E-state index in [2.05, 4.69) is 15.0 Å². The Morgan fingerprint density at radius 2 is 2.17 bits per heavy atom. The van der Waals surface area contributed by atoms with Crippen molar-refractivity contribution in [2.45, 2.75) is 19.8 Å². The number of aromatic nitrogens is 4. The van der Waals surface area contributed by atoms with E-state index >= 15 is 0 Å². The van der Waals surface area contributed by atoms with Crippen LogP contribution in [-0.4, -0.2) is 25.3 Å². The van der Waals surface area contributed by atoms with Crippen LogP contribution in [0, 0.1) is 0 Å². The fourth-order valence-corrected chi connectivity index (χ4v) is 1.61. The summed E-state index contributed by atoms with van der Waals surface area (Å²) in [5, 5.41) is 0. The minimum absolute atomic E-state index is 0.000877. The number of nitrogens with one attached hydrogen (secondary N) is 1. The van der Waals surface area contributed by atoms with Crippen molar-refractivity contribution in [2.24, 2.45) is 7.05 Å². The molecular weight excluding hydrogens is 236 g/mol. The lowest BCUT2D eigenvalue weighted by Gasteiger charge is -2.03. The van der Waals surface area contributed by atoms with Crippen molar-refractivity contribution in [3.05, 3.63) is 32.7 Å². The number of H-pyrrole nitrogens is 1. The number of fused-ring (bicyclic) bond motifs is 1. The lowest BCUT2D eigenvalue weighted by Crippen LogP contribution is -2.30. The molecule has 0 aromatic carbocycles. The molecular formula is C11H12N4O3. The molecule has 0 aliphatic heterocycles. The van der Waals surface area contributed by atoms with E-state index in [1.807, 2.05) is 6.92 Å². The van der Waals surface area contributed by atoms with E-state index in [1.54, 1.807) is 0 Å². The van der Waals surface area contributed by atoms with Crippen LogP contribution in [0.2, 0.25) is 0 Å². The van der Waals surface area contributed by atoms with Crippen LogP contribution < -0.4 is 11.2 Å². The molecule has 18 heavy (non-hydrogen) atoms. The Kier molecular flexibility index (Phi) is 3.05. The highest BCUT2D eigenvalue weighted by atomic mass is 16.2. The van der Waals surface area contributed by atoms with Gasteiger partial charge in [-0.05, 0) is 6.42 Å². The van der Waals surface area contributed by atoms with Crippen molar-refractivity contribution < 1.29 is 4.79 Å². The molecule has 7 heteroatoms. The molecule has 2 aromatic rings. The smallest absolute Gasteiger partial charge is 0.292 e. The van der Waals surface area contributed by atoms with E-state index in [0.29, 0.717) is 12.8 Å². The molecule has 1 N–H and O–H groups in total. The van der Waals surface area contributed by atoms with Gasteiger partial charge < -0.3 is 0 Å². The lowest BCUT2D eigenvalue weighted by atomic mass is 10.2. The first-order valence-corrected chi connectivity index (χ1v) is 5.54. The van der Waals surface area contributed by atoms with E-state index in [4.69, 9.17) is 0 Å². The first-order chi connectivity index (χ1) is 8.54. The second kappa shape index (κ2) is 4.52. The van der Waals surface area contributed by atoms with Gasteiger partial charge in [0.15, 0.2) is 16.9 Å².